The highest BCUT2D eigenvalue weighted by Crippen LogP contribution is 2.25. The van der Waals surface area contributed by atoms with Crippen molar-refractivity contribution in [1.82, 2.24) is 14.8 Å². The summed E-state index contributed by atoms with van der Waals surface area (Å²) in [5.41, 5.74) is 2.29. The molecular weight excluding hydrogens is 420 g/mol. The lowest BCUT2D eigenvalue weighted by Crippen LogP contribution is -2.18. The number of hydrogen-bond donors (Lipinski definition) is 1. The molecule has 2 heterocycles. The Morgan fingerprint density at radius 1 is 1.03 bits per heavy atom. The van der Waals surface area contributed by atoms with Gasteiger partial charge in [0, 0.05) is 10.9 Å². The van der Waals surface area contributed by atoms with Crippen LogP contribution in [0, 0.1) is 6.92 Å². The number of benzene rings is 2. The topological polar surface area (TPSA) is 95.3 Å². The first-order valence-electron chi connectivity index (χ1n) is 10.7. The predicted octanol–water partition coefficient (Wildman–Crippen LogP) is 4.56. The molecular formula is C25H24N4O4. The minimum absolute atomic E-state index is 0.138. The molecule has 0 unspecified atom stereocenters. The molecule has 1 N–H and O–H groups in total. The van der Waals surface area contributed by atoms with Crippen molar-refractivity contribution in [2.75, 3.05) is 18.5 Å². The fourth-order valence-corrected chi connectivity index (χ4v) is 3.51. The van der Waals surface area contributed by atoms with Crippen LogP contribution in [0.3, 0.4) is 0 Å². The van der Waals surface area contributed by atoms with Gasteiger partial charge in [0.1, 0.15) is 11.3 Å². The number of hydrogen-bond acceptors (Lipinski definition) is 6. The van der Waals surface area contributed by atoms with Crippen molar-refractivity contribution in [3.8, 4) is 11.6 Å². The molecule has 0 spiro atoms. The Hall–Kier alpha value is -4.20. The summed E-state index contributed by atoms with van der Waals surface area (Å²) in [5.74, 6) is 0.236. The number of pyridine rings is 1. The van der Waals surface area contributed by atoms with E-state index in [1.165, 1.54) is 10.9 Å². The molecule has 0 saturated carbocycles. The summed E-state index contributed by atoms with van der Waals surface area (Å²) >= 11 is 0. The number of carbonyl (C=O) groups excluding carboxylic acids is 2. The summed E-state index contributed by atoms with van der Waals surface area (Å²) in [6.07, 6.45) is 1.37. The Bertz CT molecular complexity index is 1330. The molecule has 0 atom stereocenters. The minimum Gasteiger partial charge on any atom is -0.494 e. The molecule has 0 bridgehead atoms. The van der Waals surface area contributed by atoms with Crippen LogP contribution in [0.2, 0.25) is 0 Å². The van der Waals surface area contributed by atoms with Crippen LogP contribution in [0.15, 0.2) is 60.8 Å². The number of amides is 1. The van der Waals surface area contributed by atoms with E-state index in [1.54, 1.807) is 31.2 Å². The van der Waals surface area contributed by atoms with Crippen LogP contribution in [0.5, 0.6) is 5.75 Å². The summed E-state index contributed by atoms with van der Waals surface area (Å²) in [6, 6.07) is 16.4. The molecule has 0 aliphatic carbocycles. The number of ether oxygens (including phenoxy) is 2. The third kappa shape index (κ3) is 4.55. The Kier molecular flexibility index (Phi) is 6.35. The number of nitrogens with zero attached hydrogens (tertiary/aromatic N) is 3. The van der Waals surface area contributed by atoms with Gasteiger partial charge in [-0.3, -0.25) is 4.79 Å². The van der Waals surface area contributed by atoms with Crippen LogP contribution in [0.25, 0.3) is 16.7 Å². The number of aryl methyl sites for hydroxylation is 1. The zero-order valence-corrected chi connectivity index (χ0v) is 18.7. The maximum Gasteiger partial charge on any atom is 0.343 e. The number of esters is 1. The molecule has 8 heteroatoms. The van der Waals surface area contributed by atoms with Gasteiger partial charge in [-0.05, 0) is 56.7 Å². The van der Waals surface area contributed by atoms with Gasteiger partial charge in [0.05, 0.1) is 24.9 Å². The molecule has 0 radical (unpaired) electrons. The average molecular weight is 444 g/mol. The second-order valence-corrected chi connectivity index (χ2v) is 7.27. The Labute approximate surface area is 191 Å². The van der Waals surface area contributed by atoms with Gasteiger partial charge >= 0.3 is 5.97 Å². The minimum atomic E-state index is -0.584. The van der Waals surface area contributed by atoms with Crippen molar-refractivity contribution in [3.05, 3.63) is 77.5 Å². The van der Waals surface area contributed by atoms with Crippen LogP contribution >= 0.6 is 0 Å². The van der Waals surface area contributed by atoms with E-state index in [4.69, 9.17) is 9.47 Å². The van der Waals surface area contributed by atoms with Gasteiger partial charge < -0.3 is 14.8 Å². The van der Waals surface area contributed by atoms with Gasteiger partial charge in [-0.2, -0.15) is 9.78 Å². The number of nitrogens with one attached hydrogen (secondary N) is 1. The van der Waals surface area contributed by atoms with Gasteiger partial charge in [-0.15, -0.1) is 0 Å². The van der Waals surface area contributed by atoms with Crippen LogP contribution in [-0.4, -0.2) is 39.9 Å². The fraction of sp³-hybridized carbons (Fsp3) is 0.200. The molecule has 0 saturated heterocycles. The number of aromatic nitrogens is 3. The first-order chi connectivity index (χ1) is 16.0. The predicted molar refractivity (Wildman–Crippen MR) is 125 cm³/mol. The van der Waals surface area contributed by atoms with Gasteiger partial charge in [0.25, 0.3) is 5.91 Å². The lowest BCUT2D eigenvalue weighted by Gasteiger charge is -2.13. The van der Waals surface area contributed by atoms with Crippen molar-refractivity contribution in [3.63, 3.8) is 0 Å². The third-order valence-corrected chi connectivity index (χ3v) is 5.03. The van der Waals surface area contributed by atoms with Crippen LogP contribution in [0.4, 0.5) is 5.82 Å². The molecule has 4 rings (SSSR count). The summed E-state index contributed by atoms with van der Waals surface area (Å²) in [7, 11) is 0. The highest BCUT2D eigenvalue weighted by Gasteiger charge is 2.23. The Morgan fingerprint density at radius 3 is 2.64 bits per heavy atom. The van der Waals surface area contributed by atoms with Crippen LogP contribution in [-0.2, 0) is 4.74 Å². The monoisotopic (exact) mass is 444 g/mol. The van der Waals surface area contributed by atoms with Crippen molar-refractivity contribution >= 4 is 28.6 Å². The summed E-state index contributed by atoms with van der Waals surface area (Å²) < 4.78 is 12.1. The molecule has 1 amide bonds. The lowest BCUT2D eigenvalue weighted by atomic mass is 10.1. The molecule has 4 aromatic rings. The van der Waals surface area contributed by atoms with Gasteiger partial charge in [0.2, 0.25) is 0 Å². The standard InChI is InChI=1S/C25H24N4O4/c1-4-32-18-10-8-9-17(14-18)24(30)28-23-20(25(31)33-5-2)15-26-29(23)22-13-16(3)19-11-6-7-12-21(19)27-22/h6-15H,4-5H2,1-3H3,(H,28,30). The molecule has 0 fully saturated rings. The zero-order chi connectivity index (χ0) is 23.4. The van der Waals surface area contributed by atoms with E-state index in [2.05, 4.69) is 15.4 Å². The second kappa shape index (κ2) is 9.52. The van der Waals surface area contributed by atoms with Gasteiger partial charge in [-0.1, -0.05) is 24.3 Å². The highest BCUT2D eigenvalue weighted by molar-refractivity contribution is 6.07. The normalized spacial score (nSPS) is 10.8. The molecule has 33 heavy (non-hydrogen) atoms. The first kappa shape index (κ1) is 22.0. The summed E-state index contributed by atoms with van der Waals surface area (Å²) in [5, 5.41) is 8.17. The van der Waals surface area contributed by atoms with E-state index >= 15 is 0 Å². The molecule has 2 aromatic heterocycles. The summed E-state index contributed by atoms with van der Waals surface area (Å²) in [4.78, 5) is 30.3. The summed E-state index contributed by atoms with van der Waals surface area (Å²) in [6.45, 7) is 6.24. The molecule has 168 valence electrons. The van der Waals surface area contributed by atoms with Gasteiger partial charge in [0.15, 0.2) is 11.6 Å². The maximum absolute atomic E-state index is 13.1. The Balaban J connectivity index is 1.78. The quantitative estimate of drug-likeness (QED) is 0.420. The largest absolute Gasteiger partial charge is 0.494 e. The van der Waals surface area contributed by atoms with E-state index in [0.29, 0.717) is 23.7 Å². The van der Waals surface area contributed by atoms with E-state index < -0.39 is 11.9 Å². The maximum atomic E-state index is 13.1. The third-order valence-electron chi connectivity index (χ3n) is 5.03. The van der Waals surface area contributed by atoms with Crippen molar-refractivity contribution < 1.29 is 19.1 Å². The van der Waals surface area contributed by atoms with Crippen LogP contribution < -0.4 is 10.1 Å². The first-order valence-corrected chi connectivity index (χ1v) is 10.7. The molecule has 0 aliphatic heterocycles. The van der Waals surface area contributed by atoms with Crippen molar-refractivity contribution in [2.45, 2.75) is 20.8 Å². The second-order valence-electron chi connectivity index (χ2n) is 7.27. The van der Waals surface area contributed by atoms with E-state index in [9.17, 15) is 9.59 Å². The van der Waals surface area contributed by atoms with Crippen LogP contribution in [0.1, 0.15) is 40.1 Å². The number of rotatable bonds is 7. The SMILES string of the molecule is CCOC(=O)c1cnn(-c2cc(C)c3ccccc3n2)c1NC(=O)c1cccc(OCC)c1. The zero-order valence-electron chi connectivity index (χ0n) is 18.7. The average Bonchev–Trinajstić information content (AvgIpc) is 3.23. The number of carbonyl (C=O) groups is 2. The number of fused-ring (bicyclic) bond motifs is 1. The van der Waals surface area contributed by atoms with E-state index in [1.807, 2.05) is 44.2 Å². The Morgan fingerprint density at radius 2 is 1.85 bits per heavy atom. The number of anilines is 1. The molecule has 2 aromatic carbocycles. The fourth-order valence-electron chi connectivity index (χ4n) is 3.51. The van der Waals surface area contributed by atoms with Crippen molar-refractivity contribution in [2.24, 2.45) is 0 Å². The van der Waals surface area contributed by atoms with Gasteiger partial charge in [-0.25, -0.2) is 9.78 Å². The number of para-hydroxylation sites is 1. The molecule has 8 nitrogen and oxygen atoms in total. The highest BCUT2D eigenvalue weighted by atomic mass is 16.5. The van der Waals surface area contributed by atoms with E-state index in [0.717, 1.165) is 16.5 Å². The van der Waals surface area contributed by atoms with Crippen molar-refractivity contribution in [1.29, 1.82) is 0 Å². The molecule has 0 aliphatic rings. The van der Waals surface area contributed by atoms with E-state index in [-0.39, 0.29) is 18.0 Å². The smallest absolute Gasteiger partial charge is 0.343 e. The lowest BCUT2D eigenvalue weighted by molar-refractivity contribution is 0.0527.